The Kier molecular flexibility index (Phi) is 6.28. The van der Waals surface area contributed by atoms with Crippen LogP contribution in [-0.2, 0) is 4.79 Å². The zero-order valence-corrected chi connectivity index (χ0v) is 17.3. The molecule has 0 aliphatic rings. The van der Waals surface area contributed by atoms with Crippen LogP contribution in [0.25, 0.3) is 10.6 Å². The monoisotopic (exact) mass is 434 g/mol. The molecule has 144 valence electrons. The second-order valence-electron chi connectivity index (χ2n) is 6.09. The molecule has 28 heavy (non-hydrogen) atoms. The minimum Gasteiger partial charge on any atom is -0.341 e. The van der Waals surface area contributed by atoms with Crippen molar-refractivity contribution in [2.45, 2.75) is 19.9 Å². The van der Waals surface area contributed by atoms with Crippen molar-refractivity contribution in [3.8, 4) is 10.6 Å². The van der Waals surface area contributed by atoms with E-state index in [9.17, 15) is 9.59 Å². The van der Waals surface area contributed by atoms with Crippen molar-refractivity contribution >= 4 is 51.5 Å². The van der Waals surface area contributed by atoms with Gasteiger partial charge in [-0.2, -0.15) is 0 Å². The van der Waals surface area contributed by atoms with E-state index in [2.05, 4.69) is 20.8 Å². The van der Waals surface area contributed by atoms with Crippen LogP contribution in [-0.4, -0.2) is 28.1 Å². The summed E-state index contributed by atoms with van der Waals surface area (Å²) in [6.07, 6.45) is 0. The van der Waals surface area contributed by atoms with Crippen molar-refractivity contribution in [3.63, 3.8) is 0 Å². The van der Waals surface area contributed by atoms with E-state index in [0.29, 0.717) is 20.7 Å². The fourth-order valence-electron chi connectivity index (χ4n) is 2.28. The van der Waals surface area contributed by atoms with Crippen LogP contribution in [0.15, 0.2) is 42.5 Å². The van der Waals surface area contributed by atoms with E-state index < -0.39 is 17.9 Å². The van der Waals surface area contributed by atoms with Crippen LogP contribution in [0.3, 0.4) is 0 Å². The van der Waals surface area contributed by atoms with Crippen molar-refractivity contribution in [3.05, 3.63) is 63.6 Å². The van der Waals surface area contributed by atoms with Gasteiger partial charge in [-0.05, 0) is 32.0 Å². The molecule has 2 aromatic carbocycles. The van der Waals surface area contributed by atoms with Crippen molar-refractivity contribution in [1.82, 2.24) is 15.5 Å². The normalized spacial score (nSPS) is 11.7. The summed E-state index contributed by atoms with van der Waals surface area (Å²) in [5.41, 5.74) is 2.38. The topological polar surface area (TPSA) is 84.0 Å². The van der Waals surface area contributed by atoms with E-state index in [1.165, 1.54) is 29.5 Å². The number of carbonyl (C=O) groups excluding carboxylic acids is 2. The maximum absolute atomic E-state index is 12.4. The van der Waals surface area contributed by atoms with Gasteiger partial charge in [0.05, 0.1) is 10.0 Å². The van der Waals surface area contributed by atoms with Gasteiger partial charge in [0.2, 0.25) is 11.0 Å². The number of nitrogens with one attached hydrogen (secondary N) is 2. The minimum atomic E-state index is -0.784. The fourth-order valence-corrected chi connectivity index (χ4v) is 3.33. The number of aryl methyl sites for hydroxylation is 1. The lowest BCUT2D eigenvalue weighted by atomic mass is 10.2. The predicted molar refractivity (Wildman–Crippen MR) is 112 cm³/mol. The molecule has 6 nitrogen and oxygen atoms in total. The summed E-state index contributed by atoms with van der Waals surface area (Å²) in [6.45, 7) is 3.58. The summed E-state index contributed by atoms with van der Waals surface area (Å²) in [7, 11) is 0. The Morgan fingerprint density at radius 2 is 1.75 bits per heavy atom. The predicted octanol–water partition coefficient (Wildman–Crippen LogP) is 4.58. The van der Waals surface area contributed by atoms with Crippen LogP contribution >= 0.6 is 34.5 Å². The number of aromatic nitrogens is 2. The van der Waals surface area contributed by atoms with Crippen LogP contribution in [0.5, 0.6) is 0 Å². The third kappa shape index (κ3) is 4.86. The quantitative estimate of drug-likeness (QED) is 0.615. The molecule has 0 aliphatic carbocycles. The van der Waals surface area contributed by atoms with Gasteiger partial charge < -0.3 is 5.32 Å². The maximum Gasteiger partial charge on any atom is 0.251 e. The molecule has 0 spiro atoms. The first-order valence-corrected chi connectivity index (χ1v) is 9.88. The van der Waals surface area contributed by atoms with Crippen LogP contribution in [0.4, 0.5) is 5.13 Å². The van der Waals surface area contributed by atoms with E-state index in [0.717, 1.165) is 11.1 Å². The van der Waals surface area contributed by atoms with Gasteiger partial charge in [-0.1, -0.05) is 64.4 Å². The Morgan fingerprint density at radius 3 is 2.43 bits per heavy atom. The molecule has 0 saturated heterocycles. The highest BCUT2D eigenvalue weighted by atomic mass is 35.5. The minimum absolute atomic E-state index is 0.268. The van der Waals surface area contributed by atoms with Gasteiger partial charge in [-0.15, -0.1) is 10.2 Å². The Hall–Kier alpha value is -2.48. The van der Waals surface area contributed by atoms with Gasteiger partial charge in [0.1, 0.15) is 11.0 Å². The Labute approximate surface area is 175 Å². The van der Waals surface area contributed by atoms with Crippen LogP contribution in [0.2, 0.25) is 10.0 Å². The van der Waals surface area contributed by atoms with Crippen molar-refractivity contribution < 1.29 is 9.59 Å². The first kappa shape index (κ1) is 20.3. The molecule has 1 atom stereocenters. The zero-order chi connectivity index (χ0) is 20.3. The first-order valence-electron chi connectivity index (χ1n) is 8.31. The molecule has 0 bridgehead atoms. The van der Waals surface area contributed by atoms with Gasteiger partial charge in [0.25, 0.3) is 5.91 Å². The average Bonchev–Trinajstić information content (AvgIpc) is 3.12. The number of halogens is 2. The van der Waals surface area contributed by atoms with Crippen LogP contribution in [0.1, 0.15) is 22.8 Å². The van der Waals surface area contributed by atoms with Gasteiger partial charge >= 0.3 is 0 Å². The number of nitrogens with zero attached hydrogens (tertiary/aromatic N) is 2. The Balaban J connectivity index is 1.62. The highest BCUT2D eigenvalue weighted by Crippen LogP contribution is 2.26. The number of hydrogen-bond donors (Lipinski definition) is 2. The number of hydrogen-bond acceptors (Lipinski definition) is 5. The molecular weight excluding hydrogens is 419 g/mol. The number of anilines is 1. The molecule has 1 unspecified atom stereocenters. The van der Waals surface area contributed by atoms with Gasteiger partial charge in [0, 0.05) is 11.1 Å². The molecule has 0 fully saturated rings. The second kappa shape index (κ2) is 8.68. The average molecular weight is 435 g/mol. The second-order valence-corrected chi connectivity index (χ2v) is 7.88. The highest BCUT2D eigenvalue weighted by molar-refractivity contribution is 7.18. The summed E-state index contributed by atoms with van der Waals surface area (Å²) < 4.78 is 0. The smallest absolute Gasteiger partial charge is 0.251 e. The summed E-state index contributed by atoms with van der Waals surface area (Å²) >= 11 is 13.0. The van der Waals surface area contributed by atoms with E-state index in [1.54, 1.807) is 6.92 Å². The molecule has 1 heterocycles. The number of carbonyl (C=O) groups is 2. The SMILES string of the molecule is Cc1ccc(-c2nnc(NC(=O)C(C)NC(=O)c3ccc(Cl)c(Cl)c3)s2)cc1. The van der Waals surface area contributed by atoms with E-state index in [1.807, 2.05) is 31.2 Å². The number of amides is 2. The highest BCUT2D eigenvalue weighted by Gasteiger charge is 2.19. The van der Waals surface area contributed by atoms with Gasteiger partial charge in [-0.25, -0.2) is 0 Å². The molecule has 2 amide bonds. The third-order valence-corrected chi connectivity index (χ3v) is 5.50. The molecule has 3 aromatic rings. The van der Waals surface area contributed by atoms with Gasteiger partial charge in [-0.3, -0.25) is 14.9 Å². The standard InChI is InChI=1S/C19H16Cl2N4O2S/c1-10-3-5-12(6-4-10)18-24-25-19(28-18)23-16(26)11(2)22-17(27)13-7-8-14(20)15(21)9-13/h3-9,11H,1-2H3,(H,22,27)(H,23,25,26). The lowest BCUT2D eigenvalue weighted by Gasteiger charge is -2.13. The fraction of sp³-hybridized carbons (Fsp3) is 0.158. The summed E-state index contributed by atoms with van der Waals surface area (Å²) in [5.74, 6) is -0.834. The summed E-state index contributed by atoms with van der Waals surface area (Å²) in [6, 6.07) is 11.6. The van der Waals surface area contributed by atoms with E-state index in [4.69, 9.17) is 23.2 Å². The molecule has 0 saturated carbocycles. The summed E-state index contributed by atoms with van der Waals surface area (Å²) in [4.78, 5) is 24.6. The molecule has 0 aliphatic heterocycles. The van der Waals surface area contributed by atoms with E-state index in [-0.39, 0.29) is 5.02 Å². The van der Waals surface area contributed by atoms with Crippen LogP contribution < -0.4 is 10.6 Å². The van der Waals surface area contributed by atoms with Crippen molar-refractivity contribution in [2.75, 3.05) is 5.32 Å². The lowest BCUT2D eigenvalue weighted by molar-refractivity contribution is -0.117. The van der Waals surface area contributed by atoms with Crippen LogP contribution in [0, 0.1) is 6.92 Å². The largest absolute Gasteiger partial charge is 0.341 e. The van der Waals surface area contributed by atoms with Crippen molar-refractivity contribution in [2.24, 2.45) is 0 Å². The Morgan fingerprint density at radius 1 is 1.04 bits per heavy atom. The number of rotatable bonds is 5. The lowest BCUT2D eigenvalue weighted by Crippen LogP contribution is -2.41. The molecule has 3 rings (SSSR count). The molecule has 1 aromatic heterocycles. The summed E-state index contributed by atoms with van der Waals surface area (Å²) in [5, 5.41) is 15.0. The molecule has 9 heteroatoms. The van der Waals surface area contributed by atoms with E-state index >= 15 is 0 Å². The number of benzene rings is 2. The molecular formula is C19H16Cl2N4O2S. The molecule has 0 radical (unpaired) electrons. The Bertz CT molecular complexity index is 1020. The van der Waals surface area contributed by atoms with Crippen molar-refractivity contribution in [1.29, 1.82) is 0 Å². The molecule has 2 N–H and O–H groups in total. The first-order chi connectivity index (χ1) is 13.3. The van der Waals surface area contributed by atoms with Gasteiger partial charge in [0.15, 0.2) is 0 Å². The zero-order valence-electron chi connectivity index (χ0n) is 15.0. The maximum atomic E-state index is 12.4. The third-order valence-electron chi connectivity index (χ3n) is 3.88.